The first kappa shape index (κ1) is 23.8. The van der Waals surface area contributed by atoms with Crippen molar-refractivity contribution in [3.05, 3.63) is 0 Å². The van der Waals surface area contributed by atoms with E-state index in [4.69, 9.17) is 9.47 Å². The molecule has 2 unspecified atom stereocenters. The second-order valence-electron chi connectivity index (χ2n) is 10.2. The van der Waals surface area contributed by atoms with Crippen molar-refractivity contribution < 1.29 is 19.1 Å². The molecule has 0 aromatic carbocycles. The summed E-state index contributed by atoms with van der Waals surface area (Å²) in [5.74, 6) is 0.747. The summed E-state index contributed by atoms with van der Waals surface area (Å²) in [4.78, 5) is 32.6. The Morgan fingerprint density at radius 3 is 2.44 bits per heavy atom. The van der Waals surface area contributed by atoms with Crippen molar-refractivity contribution in [2.24, 2.45) is 5.92 Å². The smallest absolute Gasteiger partial charge is 0.411 e. The number of methoxy groups -OCH3 is 1. The maximum absolute atomic E-state index is 11.9. The van der Waals surface area contributed by atoms with Crippen LogP contribution in [-0.2, 0) is 14.3 Å². The Hall–Kier alpha value is -1.38. The van der Waals surface area contributed by atoms with E-state index in [9.17, 15) is 9.59 Å². The van der Waals surface area contributed by atoms with Crippen molar-refractivity contribution in [3.8, 4) is 0 Å². The van der Waals surface area contributed by atoms with Crippen LogP contribution in [0.25, 0.3) is 0 Å². The highest BCUT2D eigenvalue weighted by atomic mass is 16.6. The Kier molecular flexibility index (Phi) is 8.29. The number of likely N-dealkylation sites (N-methyl/N-ethyl adjacent to an activating group) is 1. The fourth-order valence-corrected chi connectivity index (χ4v) is 5.71. The number of nitrogens with zero attached hydrogens (tertiary/aromatic N) is 4. The third-order valence-corrected chi connectivity index (χ3v) is 7.93. The largest absolute Gasteiger partial charge is 0.469 e. The van der Waals surface area contributed by atoms with E-state index in [0.717, 1.165) is 44.6 Å². The van der Waals surface area contributed by atoms with Gasteiger partial charge in [-0.25, -0.2) is 4.79 Å². The van der Waals surface area contributed by atoms with Crippen LogP contribution in [0.4, 0.5) is 4.79 Å². The molecule has 8 heteroatoms. The van der Waals surface area contributed by atoms with Crippen LogP contribution in [0.15, 0.2) is 0 Å². The lowest BCUT2D eigenvalue weighted by Gasteiger charge is -2.43. The van der Waals surface area contributed by atoms with Gasteiger partial charge in [-0.15, -0.1) is 0 Å². The third-order valence-electron chi connectivity index (χ3n) is 7.93. The molecule has 1 amide bonds. The molecule has 0 bridgehead atoms. The van der Waals surface area contributed by atoms with E-state index >= 15 is 0 Å². The molecule has 8 nitrogen and oxygen atoms in total. The maximum atomic E-state index is 11.9. The number of hydrogen-bond acceptors (Lipinski definition) is 7. The summed E-state index contributed by atoms with van der Waals surface area (Å²) in [7, 11) is 3.25. The van der Waals surface area contributed by atoms with Gasteiger partial charge in [0.1, 0.15) is 0 Å². The predicted molar refractivity (Wildman–Crippen MR) is 122 cm³/mol. The maximum Gasteiger partial charge on any atom is 0.411 e. The van der Waals surface area contributed by atoms with Gasteiger partial charge in [0.05, 0.1) is 20.1 Å². The van der Waals surface area contributed by atoms with Crippen molar-refractivity contribution in [1.82, 2.24) is 19.6 Å². The average molecular weight is 451 g/mol. The third kappa shape index (κ3) is 6.35. The van der Waals surface area contributed by atoms with Crippen molar-refractivity contribution in [1.29, 1.82) is 0 Å². The van der Waals surface area contributed by atoms with Gasteiger partial charge in [0.2, 0.25) is 0 Å². The first-order valence-corrected chi connectivity index (χ1v) is 12.7. The first-order chi connectivity index (χ1) is 15.5. The van der Waals surface area contributed by atoms with Gasteiger partial charge < -0.3 is 19.3 Å². The zero-order valence-electron chi connectivity index (χ0n) is 20.0. The van der Waals surface area contributed by atoms with Crippen molar-refractivity contribution in [3.63, 3.8) is 0 Å². The molecule has 3 heterocycles. The standard InChI is InChI=1S/C24H42N4O4/c1-25-18-22(32-24(25)30)28-16-15-26(12-11-23(29)31-2)17-21(28)6-4-3-5-19-9-13-27(14-10-19)20-7-8-20/h19-22H,3-18H2,1-2H3. The zero-order chi connectivity index (χ0) is 22.5. The van der Waals surface area contributed by atoms with Gasteiger partial charge in [-0.1, -0.05) is 19.3 Å². The number of cyclic esters (lactones) is 1. The van der Waals surface area contributed by atoms with Crippen LogP contribution in [0.1, 0.15) is 57.8 Å². The summed E-state index contributed by atoms with van der Waals surface area (Å²) in [6.07, 6.45) is 10.6. The zero-order valence-corrected chi connectivity index (χ0v) is 20.0. The van der Waals surface area contributed by atoms with Crippen LogP contribution in [0.2, 0.25) is 0 Å². The van der Waals surface area contributed by atoms with E-state index in [-0.39, 0.29) is 18.3 Å². The van der Waals surface area contributed by atoms with E-state index in [1.165, 1.54) is 65.1 Å². The van der Waals surface area contributed by atoms with E-state index in [0.29, 0.717) is 19.0 Å². The molecule has 3 saturated heterocycles. The lowest BCUT2D eigenvalue weighted by Crippen LogP contribution is -2.57. The summed E-state index contributed by atoms with van der Waals surface area (Å²) in [6.45, 7) is 6.68. The van der Waals surface area contributed by atoms with Crippen LogP contribution < -0.4 is 0 Å². The van der Waals surface area contributed by atoms with Crippen LogP contribution in [0.5, 0.6) is 0 Å². The second-order valence-corrected chi connectivity index (χ2v) is 10.2. The molecule has 4 fully saturated rings. The Bertz CT molecular complexity index is 635. The number of esters is 1. The summed E-state index contributed by atoms with van der Waals surface area (Å²) < 4.78 is 10.5. The molecular weight excluding hydrogens is 408 g/mol. The summed E-state index contributed by atoms with van der Waals surface area (Å²) in [5.41, 5.74) is 0. The Balaban J connectivity index is 1.23. The molecular formula is C24H42N4O4. The van der Waals surface area contributed by atoms with Crippen molar-refractivity contribution in [2.45, 2.75) is 76.1 Å². The van der Waals surface area contributed by atoms with Gasteiger partial charge in [-0.05, 0) is 51.1 Å². The van der Waals surface area contributed by atoms with Gasteiger partial charge in [-0.3, -0.25) is 14.6 Å². The molecule has 32 heavy (non-hydrogen) atoms. The first-order valence-electron chi connectivity index (χ1n) is 12.7. The number of rotatable bonds is 10. The molecule has 4 aliphatic rings. The fraction of sp³-hybridized carbons (Fsp3) is 0.917. The van der Waals surface area contributed by atoms with Crippen LogP contribution in [0.3, 0.4) is 0 Å². The number of unbranched alkanes of at least 4 members (excludes halogenated alkanes) is 1. The predicted octanol–water partition coefficient (Wildman–Crippen LogP) is 2.38. The molecule has 3 aliphatic heterocycles. The van der Waals surface area contributed by atoms with E-state index in [2.05, 4.69) is 14.7 Å². The van der Waals surface area contributed by atoms with E-state index in [1.54, 1.807) is 11.9 Å². The molecule has 1 saturated carbocycles. The minimum Gasteiger partial charge on any atom is -0.469 e. The molecule has 0 aromatic heterocycles. The van der Waals surface area contributed by atoms with Crippen LogP contribution in [0, 0.1) is 5.92 Å². The molecule has 0 radical (unpaired) electrons. The van der Waals surface area contributed by atoms with Gasteiger partial charge in [-0.2, -0.15) is 0 Å². The normalized spacial score (nSPS) is 28.8. The highest BCUT2D eigenvalue weighted by Gasteiger charge is 2.39. The number of ether oxygens (including phenoxy) is 2. The van der Waals surface area contributed by atoms with E-state index in [1.807, 2.05) is 0 Å². The average Bonchev–Trinajstić information content (AvgIpc) is 3.60. The van der Waals surface area contributed by atoms with Gasteiger partial charge in [0.25, 0.3) is 0 Å². The number of carbonyl (C=O) groups excluding carboxylic acids is 2. The summed E-state index contributed by atoms with van der Waals surface area (Å²) >= 11 is 0. The fourth-order valence-electron chi connectivity index (χ4n) is 5.71. The highest BCUT2D eigenvalue weighted by molar-refractivity contribution is 5.69. The number of hydrogen-bond donors (Lipinski definition) is 0. The highest BCUT2D eigenvalue weighted by Crippen LogP contribution is 2.32. The Morgan fingerprint density at radius 2 is 1.78 bits per heavy atom. The molecule has 0 aromatic rings. The molecule has 182 valence electrons. The SMILES string of the molecule is COC(=O)CCN1CCN(C2CN(C)C(=O)O2)C(CCCCC2CCN(C3CC3)CC2)C1. The van der Waals surface area contributed by atoms with Crippen molar-refractivity contribution in [2.75, 3.05) is 60.0 Å². The number of carbonyl (C=O) groups is 2. The van der Waals surface area contributed by atoms with Gasteiger partial charge in [0, 0.05) is 45.3 Å². The van der Waals surface area contributed by atoms with Gasteiger partial charge >= 0.3 is 12.1 Å². The monoisotopic (exact) mass is 450 g/mol. The quantitative estimate of drug-likeness (QED) is 0.374. The summed E-state index contributed by atoms with van der Waals surface area (Å²) in [6, 6.07) is 1.28. The topological polar surface area (TPSA) is 65.6 Å². The lowest BCUT2D eigenvalue weighted by molar-refractivity contribution is -0.141. The minimum absolute atomic E-state index is 0.146. The number of piperazine rings is 1. The lowest BCUT2D eigenvalue weighted by atomic mass is 9.90. The Labute approximate surface area is 193 Å². The number of amides is 1. The minimum atomic E-state index is -0.223. The van der Waals surface area contributed by atoms with Crippen LogP contribution >= 0.6 is 0 Å². The number of likely N-dealkylation sites (tertiary alicyclic amines) is 1. The second kappa shape index (κ2) is 11.2. The molecule has 0 spiro atoms. The van der Waals surface area contributed by atoms with E-state index < -0.39 is 0 Å². The summed E-state index contributed by atoms with van der Waals surface area (Å²) in [5, 5.41) is 0. The Morgan fingerprint density at radius 1 is 1.03 bits per heavy atom. The van der Waals surface area contributed by atoms with Gasteiger partial charge in [0.15, 0.2) is 6.23 Å². The molecule has 0 N–H and O–H groups in total. The molecule has 2 atom stereocenters. The number of piperidine rings is 1. The van der Waals surface area contributed by atoms with Crippen LogP contribution in [-0.4, -0.2) is 110 Å². The van der Waals surface area contributed by atoms with Crippen molar-refractivity contribution >= 4 is 12.1 Å². The molecule has 1 aliphatic carbocycles. The molecule has 4 rings (SSSR count).